The van der Waals surface area contributed by atoms with E-state index < -0.39 is 5.91 Å². The SMILES string of the molecule is CCCOc1cn(-c2ccc(F)cc2)nc1C(=O)Nc1nnc(SCCC)s1. The molecule has 0 fully saturated rings. The van der Waals surface area contributed by atoms with E-state index in [1.165, 1.54) is 28.2 Å². The van der Waals surface area contributed by atoms with Crippen LogP contribution in [0, 0.1) is 5.82 Å². The summed E-state index contributed by atoms with van der Waals surface area (Å²) in [6.45, 7) is 4.51. The summed E-state index contributed by atoms with van der Waals surface area (Å²) in [5, 5.41) is 15.5. The van der Waals surface area contributed by atoms with Gasteiger partial charge < -0.3 is 4.74 Å². The first kappa shape index (κ1) is 20.3. The monoisotopic (exact) mass is 421 g/mol. The minimum atomic E-state index is -0.435. The highest BCUT2D eigenvalue weighted by atomic mass is 32.2. The Morgan fingerprint density at radius 3 is 2.75 bits per heavy atom. The normalized spacial score (nSPS) is 10.8. The number of nitrogens with one attached hydrogen (secondary N) is 1. The van der Waals surface area contributed by atoms with Crippen molar-refractivity contribution in [2.45, 2.75) is 31.0 Å². The van der Waals surface area contributed by atoms with Gasteiger partial charge in [-0.25, -0.2) is 9.07 Å². The van der Waals surface area contributed by atoms with Gasteiger partial charge in [0.15, 0.2) is 15.8 Å². The van der Waals surface area contributed by atoms with Crippen LogP contribution in [0.1, 0.15) is 37.2 Å². The van der Waals surface area contributed by atoms with Crippen molar-refractivity contribution in [3.63, 3.8) is 0 Å². The summed E-state index contributed by atoms with van der Waals surface area (Å²) in [6, 6.07) is 5.82. The van der Waals surface area contributed by atoms with Crippen LogP contribution in [0.2, 0.25) is 0 Å². The van der Waals surface area contributed by atoms with Crippen molar-refractivity contribution in [2.24, 2.45) is 0 Å². The quantitative estimate of drug-likeness (QED) is 0.407. The summed E-state index contributed by atoms with van der Waals surface area (Å²) < 4.78 is 21.1. The first-order valence-corrected chi connectivity index (χ1v) is 10.7. The van der Waals surface area contributed by atoms with Gasteiger partial charge in [-0.1, -0.05) is 36.9 Å². The summed E-state index contributed by atoms with van der Waals surface area (Å²) in [5.41, 5.74) is 0.756. The van der Waals surface area contributed by atoms with E-state index in [0.29, 0.717) is 23.2 Å². The van der Waals surface area contributed by atoms with Gasteiger partial charge in [-0.05, 0) is 37.1 Å². The fourth-order valence-electron chi connectivity index (χ4n) is 2.22. The number of nitrogens with zero attached hydrogens (tertiary/aromatic N) is 4. The number of rotatable bonds is 9. The fourth-order valence-corrected chi connectivity index (χ4v) is 3.90. The van der Waals surface area contributed by atoms with Gasteiger partial charge in [0.1, 0.15) is 5.82 Å². The van der Waals surface area contributed by atoms with Gasteiger partial charge in [-0.2, -0.15) is 5.10 Å². The Labute approximate surface area is 170 Å². The molecule has 148 valence electrons. The van der Waals surface area contributed by atoms with Crippen molar-refractivity contribution in [3.8, 4) is 11.4 Å². The van der Waals surface area contributed by atoms with Gasteiger partial charge in [0.05, 0.1) is 18.5 Å². The van der Waals surface area contributed by atoms with Gasteiger partial charge in [-0.15, -0.1) is 10.2 Å². The lowest BCUT2D eigenvalue weighted by Gasteiger charge is -2.03. The number of carbonyl (C=O) groups is 1. The third kappa shape index (κ3) is 5.08. The summed E-state index contributed by atoms with van der Waals surface area (Å²) in [4.78, 5) is 12.7. The van der Waals surface area contributed by atoms with Crippen LogP contribution in [-0.2, 0) is 0 Å². The van der Waals surface area contributed by atoms with E-state index in [0.717, 1.165) is 22.9 Å². The maximum absolute atomic E-state index is 13.2. The maximum atomic E-state index is 13.2. The number of anilines is 1. The molecule has 1 N–H and O–H groups in total. The van der Waals surface area contributed by atoms with Crippen molar-refractivity contribution < 1.29 is 13.9 Å². The van der Waals surface area contributed by atoms with E-state index in [1.54, 1.807) is 30.1 Å². The highest BCUT2D eigenvalue weighted by Gasteiger charge is 2.20. The van der Waals surface area contributed by atoms with Crippen molar-refractivity contribution in [2.75, 3.05) is 17.7 Å². The second kappa shape index (κ2) is 9.65. The number of benzene rings is 1. The Balaban J connectivity index is 1.81. The summed E-state index contributed by atoms with van der Waals surface area (Å²) in [6.07, 6.45) is 3.43. The molecule has 2 heterocycles. The molecule has 0 spiro atoms. The number of ether oxygens (including phenoxy) is 1. The van der Waals surface area contributed by atoms with Crippen LogP contribution in [-0.4, -0.2) is 38.2 Å². The zero-order valence-corrected chi connectivity index (χ0v) is 17.1. The van der Waals surface area contributed by atoms with E-state index in [9.17, 15) is 9.18 Å². The molecule has 0 bridgehead atoms. The molecule has 7 nitrogen and oxygen atoms in total. The average molecular weight is 422 g/mol. The lowest BCUT2D eigenvalue weighted by Crippen LogP contribution is -2.14. The molecule has 10 heteroatoms. The molecule has 0 aliphatic heterocycles. The molecule has 0 saturated carbocycles. The van der Waals surface area contributed by atoms with Crippen LogP contribution in [0.15, 0.2) is 34.8 Å². The second-order valence-electron chi connectivity index (χ2n) is 5.79. The molecule has 0 saturated heterocycles. The zero-order valence-electron chi connectivity index (χ0n) is 15.5. The van der Waals surface area contributed by atoms with Crippen LogP contribution < -0.4 is 10.1 Å². The van der Waals surface area contributed by atoms with E-state index in [2.05, 4.69) is 27.5 Å². The number of hydrogen-bond donors (Lipinski definition) is 1. The topological polar surface area (TPSA) is 81.9 Å². The van der Waals surface area contributed by atoms with Crippen LogP contribution in [0.4, 0.5) is 9.52 Å². The highest BCUT2D eigenvalue weighted by Crippen LogP contribution is 2.27. The molecule has 0 aliphatic carbocycles. The number of aromatic nitrogens is 4. The standard InChI is InChI=1S/C18H20FN5O2S2/c1-3-9-26-14-11-24(13-7-5-12(19)6-8-13)23-15(14)16(25)20-17-21-22-18(28-17)27-10-4-2/h5-8,11H,3-4,9-10H2,1-2H3,(H,20,21,25). The van der Waals surface area contributed by atoms with Gasteiger partial charge >= 0.3 is 0 Å². The first-order valence-electron chi connectivity index (χ1n) is 8.86. The van der Waals surface area contributed by atoms with Crippen molar-refractivity contribution in [1.82, 2.24) is 20.0 Å². The van der Waals surface area contributed by atoms with Gasteiger partial charge in [0, 0.05) is 5.75 Å². The molecule has 0 radical (unpaired) electrons. The number of halogens is 1. The van der Waals surface area contributed by atoms with E-state index >= 15 is 0 Å². The number of carbonyl (C=O) groups excluding carboxylic acids is 1. The molecule has 0 unspecified atom stereocenters. The molecule has 3 aromatic rings. The third-order valence-electron chi connectivity index (χ3n) is 3.51. The van der Waals surface area contributed by atoms with Crippen LogP contribution in [0.5, 0.6) is 5.75 Å². The molecular formula is C18H20FN5O2S2. The number of amides is 1. The number of hydrogen-bond acceptors (Lipinski definition) is 7. The van der Waals surface area contributed by atoms with Crippen molar-refractivity contribution >= 4 is 34.1 Å². The van der Waals surface area contributed by atoms with Gasteiger partial charge in [-0.3, -0.25) is 10.1 Å². The molecular weight excluding hydrogens is 401 g/mol. The highest BCUT2D eigenvalue weighted by molar-refractivity contribution is 8.01. The summed E-state index contributed by atoms with van der Waals surface area (Å²) in [7, 11) is 0. The summed E-state index contributed by atoms with van der Waals surface area (Å²) >= 11 is 2.92. The molecule has 2 aromatic heterocycles. The molecule has 3 rings (SSSR count). The van der Waals surface area contributed by atoms with Crippen LogP contribution in [0.3, 0.4) is 0 Å². The Kier molecular flexibility index (Phi) is 6.99. The minimum absolute atomic E-state index is 0.135. The Bertz CT molecular complexity index is 926. The predicted molar refractivity (Wildman–Crippen MR) is 108 cm³/mol. The first-order chi connectivity index (χ1) is 13.6. The zero-order chi connectivity index (χ0) is 19.9. The smallest absolute Gasteiger partial charge is 0.281 e. The Morgan fingerprint density at radius 2 is 2.04 bits per heavy atom. The lowest BCUT2D eigenvalue weighted by atomic mass is 10.3. The van der Waals surface area contributed by atoms with Crippen LogP contribution in [0.25, 0.3) is 5.69 Å². The number of thioether (sulfide) groups is 1. The van der Waals surface area contributed by atoms with Gasteiger partial charge in [0.2, 0.25) is 5.13 Å². The maximum Gasteiger partial charge on any atom is 0.281 e. The van der Waals surface area contributed by atoms with Crippen molar-refractivity contribution in [3.05, 3.63) is 42.0 Å². The van der Waals surface area contributed by atoms with Crippen molar-refractivity contribution in [1.29, 1.82) is 0 Å². The Morgan fingerprint density at radius 1 is 1.25 bits per heavy atom. The fraction of sp³-hybridized carbons (Fsp3) is 0.333. The molecule has 1 aromatic carbocycles. The second-order valence-corrected chi connectivity index (χ2v) is 8.11. The minimum Gasteiger partial charge on any atom is -0.489 e. The van der Waals surface area contributed by atoms with E-state index in [4.69, 9.17) is 4.74 Å². The predicted octanol–water partition coefficient (Wildman–Crippen LogP) is 4.41. The molecule has 0 atom stereocenters. The van der Waals surface area contributed by atoms with E-state index in [1.807, 2.05) is 6.92 Å². The molecule has 28 heavy (non-hydrogen) atoms. The molecule has 0 aliphatic rings. The average Bonchev–Trinajstić information content (AvgIpc) is 3.32. The van der Waals surface area contributed by atoms with Gasteiger partial charge in [0.25, 0.3) is 5.91 Å². The lowest BCUT2D eigenvalue weighted by molar-refractivity contribution is 0.101. The Hall–Kier alpha value is -2.46. The molecule has 1 amide bonds. The van der Waals surface area contributed by atoms with Crippen LogP contribution >= 0.6 is 23.1 Å². The largest absolute Gasteiger partial charge is 0.489 e. The third-order valence-corrected chi connectivity index (χ3v) is 5.68. The summed E-state index contributed by atoms with van der Waals surface area (Å²) in [5.74, 6) is 0.521. The van der Waals surface area contributed by atoms with E-state index in [-0.39, 0.29) is 11.5 Å².